The number of nitriles is 1. The van der Waals surface area contributed by atoms with Gasteiger partial charge >= 0.3 is 6.01 Å². The van der Waals surface area contributed by atoms with Crippen molar-refractivity contribution < 1.29 is 18.7 Å². The predicted octanol–water partition coefficient (Wildman–Crippen LogP) is 4.45. The second-order valence-corrected chi connectivity index (χ2v) is 13.1. The first-order chi connectivity index (χ1) is 22.2. The molecule has 2 atom stereocenters. The van der Waals surface area contributed by atoms with Crippen LogP contribution < -0.4 is 14.5 Å². The van der Waals surface area contributed by atoms with Gasteiger partial charge in [0, 0.05) is 61.4 Å². The van der Waals surface area contributed by atoms with Crippen molar-refractivity contribution in [2.45, 2.75) is 31.8 Å². The van der Waals surface area contributed by atoms with Crippen LogP contribution in [0.25, 0.3) is 10.8 Å². The summed E-state index contributed by atoms with van der Waals surface area (Å²) >= 11 is 6.51. The van der Waals surface area contributed by atoms with E-state index >= 15 is 0 Å². The molecule has 3 aliphatic rings. The topological polar surface area (TPSA) is 98.1 Å². The highest BCUT2D eigenvalue weighted by Gasteiger charge is 2.38. The SMILES string of the molecule is C=CC(=O)N1CCN(c2nc(OCC3(CN(C)C)CCOC3)nc3c2CCN(c2cccc4ccc(F)c(Cl)c24)C3)CC1CC#N. The zero-order valence-corrected chi connectivity index (χ0v) is 27.1. The number of aromatic nitrogens is 2. The van der Waals surface area contributed by atoms with Gasteiger partial charge in [-0.25, -0.2) is 4.39 Å². The molecular weight excluding hydrogens is 609 g/mol. The molecule has 2 unspecified atom stereocenters. The van der Waals surface area contributed by atoms with E-state index in [4.69, 9.17) is 31.0 Å². The fraction of sp³-hybridized carbons (Fsp3) is 0.471. The number of fused-ring (bicyclic) bond motifs is 2. The number of carbonyl (C=O) groups is 1. The zero-order chi connectivity index (χ0) is 32.4. The standard InChI is InChI=1S/C34H39ClFN7O3/c1-4-29(44)43-16-15-42(18-24(43)10-13-37)32-25-11-14-41(28-7-5-6-23-8-9-26(36)31(35)30(23)28)19-27(25)38-33(39-32)46-22-34(20-40(2)3)12-17-45-21-34/h4-9,24H,1,10-12,14-22H2,2-3H3. The summed E-state index contributed by atoms with van der Waals surface area (Å²) < 4.78 is 26.8. The Morgan fingerprint density at radius 2 is 2.11 bits per heavy atom. The number of carbonyl (C=O) groups excluding carboxylic acids is 1. The lowest BCUT2D eigenvalue weighted by molar-refractivity contribution is -0.128. The van der Waals surface area contributed by atoms with Crippen molar-refractivity contribution in [3.05, 3.63) is 65.1 Å². The molecule has 10 nitrogen and oxygen atoms in total. The molecule has 0 saturated carbocycles. The third kappa shape index (κ3) is 6.34. The van der Waals surface area contributed by atoms with Crippen LogP contribution in [-0.2, 0) is 22.5 Å². The van der Waals surface area contributed by atoms with Crippen LogP contribution in [0.2, 0.25) is 5.02 Å². The van der Waals surface area contributed by atoms with Crippen molar-refractivity contribution in [1.29, 1.82) is 5.26 Å². The summed E-state index contributed by atoms with van der Waals surface area (Å²) in [4.78, 5) is 30.7. The largest absolute Gasteiger partial charge is 0.463 e. The molecule has 0 spiro atoms. The van der Waals surface area contributed by atoms with Crippen molar-refractivity contribution in [3.63, 3.8) is 0 Å². The summed E-state index contributed by atoms with van der Waals surface area (Å²) in [5.41, 5.74) is 2.50. The normalized spacial score (nSPS) is 21.4. The Morgan fingerprint density at radius 1 is 1.26 bits per heavy atom. The monoisotopic (exact) mass is 647 g/mol. The van der Waals surface area contributed by atoms with E-state index in [2.05, 4.69) is 27.3 Å². The molecule has 242 valence electrons. The van der Waals surface area contributed by atoms with Crippen molar-refractivity contribution in [2.75, 3.05) is 76.4 Å². The Labute approximate surface area is 273 Å². The molecule has 2 saturated heterocycles. The summed E-state index contributed by atoms with van der Waals surface area (Å²) in [7, 11) is 4.09. The maximum absolute atomic E-state index is 14.6. The molecule has 3 aliphatic heterocycles. The van der Waals surface area contributed by atoms with Crippen LogP contribution in [0.1, 0.15) is 24.1 Å². The molecule has 12 heteroatoms. The summed E-state index contributed by atoms with van der Waals surface area (Å²) in [6.45, 7) is 8.70. The molecule has 6 rings (SSSR count). The maximum atomic E-state index is 14.6. The first kappa shape index (κ1) is 32.0. The lowest BCUT2D eigenvalue weighted by Gasteiger charge is -2.42. The van der Waals surface area contributed by atoms with Crippen LogP contribution in [0.5, 0.6) is 6.01 Å². The molecule has 2 fully saturated rings. The Bertz CT molecular complexity index is 1670. The number of hydrogen-bond acceptors (Lipinski definition) is 9. The van der Waals surface area contributed by atoms with E-state index in [0.717, 1.165) is 41.1 Å². The fourth-order valence-corrected chi connectivity index (χ4v) is 7.30. The minimum atomic E-state index is -0.456. The Kier molecular flexibility index (Phi) is 9.32. The molecule has 0 radical (unpaired) electrons. The van der Waals surface area contributed by atoms with Crippen LogP contribution >= 0.6 is 11.6 Å². The lowest BCUT2D eigenvalue weighted by Crippen LogP contribution is -2.55. The quantitative estimate of drug-likeness (QED) is 0.312. The van der Waals surface area contributed by atoms with Gasteiger partial charge in [-0.3, -0.25) is 4.79 Å². The van der Waals surface area contributed by atoms with E-state index in [1.54, 1.807) is 11.0 Å². The third-order valence-corrected chi connectivity index (χ3v) is 9.56. The number of rotatable bonds is 9. The zero-order valence-electron chi connectivity index (χ0n) is 26.3. The third-order valence-electron chi connectivity index (χ3n) is 9.19. The molecular formula is C34H39ClFN7O3. The van der Waals surface area contributed by atoms with Crippen LogP contribution in [0.15, 0.2) is 43.0 Å². The van der Waals surface area contributed by atoms with Gasteiger partial charge in [-0.15, -0.1) is 0 Å². The molecule has 4 heterocycles. The van der Waals surface area contributed by atoms with E-state index in [1.807, 2.05) is 32.3 Å². The van der Waals surface area contributed by atoms with Crippen molar-refractivity contribution in [3.8, 4) is 12.1 Å². The number of hydrogen-bond donors (Lipinski definition) is 0. The second kappa shape index (κ2) is 13.4. The molecule has 46 heavy (non-hydrogen) atoms. The van der Waals surface area contributed by atoms with E-state index in [0.29, 0.717) is 64.4 Å². The van der Waals surface area contributed by atoms with Gasteiger partial charge in [0.05, 0.1) is 42.4 Å². The summed E-state index contributed by atoms with van der Waals surface area (Å²) in [6.07, 6.45) is 3.02. The summed E-state index contributed by atoms with van der Waals surface area (Å²) in [6, 6.07) is 11.2. The van der Waals surface area contributed by atoms with Gasteiger partial charge < -0.3 is 29.1 Å². The van der Waals surface area contributed by atoms with Crippen molar-refractivity contribution >= 4 is 39.8 Å². The highest BCUT2D eigenvalue weighted by molar-refractivity contribution is 6.36. The molecule has 1 amide bonds. The van der Waals surface area contributed by atoms with Gasteiger partial charge in [0.15, 0.2) is 0 Å². The van der Waals surface area contributed by atoms with Crippen LogP contribution in [0, 0.1) is 22.6 Å². The van der Waals surface area contributed by atoms with Gasteiger partial charge in [-0.1, -0.05) is 36.4 Å². The van der Waals surface area contributed by atoms with E-state index in [1.165, 1.54) is 12.1 Å². The minimum Gasteiger partial charge on any atom is -0.463 e. The fourth-order valence-electron chi connectivity index (χ4n) is 7.03. The first-order valence-electron chi connectivity index (χ1n) is 15.6. The van der Waals surface area contributed by atoms with Crippen molar-refractivity contribution in [2.24, 2.45) is 5.41 Å². The number of halogens is 2. The molecule has 0 N–H and O–H groups in total. The molecule has 0 bridgehead atoms. The number of benzene rings is 2. The molecule has 3 aromatic rings. The maximum Gasteiger partial charge on any atom is 0.318 e. The summed E-state index contributed by atoms with van der Waals surface area (Å²) in [5, 5.41) is 11.2. The highest BCUT2D eigenvalue weighted by atomic mass is 35.5. The van der Waals surface area contributed by atoms with Crippen LogP contribution in [0.3, 0.4) is 0 Å². The van der Waals surface area contributed by atoms with Crippen LogP contribution in [0.4, 0.5) is 15.9 Å². The minimum absolute atomic E-state index is 0.103. The average Bonchev–Trinajstić information content (AvgIpc) is 3.52. The van der Waals surface area contributed by atoms with Crippen molar-refractivity contribution in [1.82, 2.24) is 19.8 Å². The molecule has 0 aliphatic carbocycles. The second-order valence-electron chi connectivity index (χ2n) is 12.7. The van der Waals surface area contributed by atoms with Crippen LogP contribution in [-0.4, -0.2) is 98.4 Å². The van der Waals surface area contributed by atoms with Gasteiger partial charge in [0.1, 0.15) is 18.2 Å². The number of ether oxygens (including phenoxy) is 2. The first-order valence-corrected chi connectivity index (χ1v) is 16.0. The number of piperazine rings is 1. The molecule has 2 aromatic carbocycles. The Morgan fingerprint density at radius 3 is 2.85 bits per heavy atom. The van der Waals surface area contributed by atoms with Gasteiger partial charge in [-0.05, 0) is 50.5 Å². The Balaban J connectivity index is 1.36. The van der Waals surface area contributed by atoms with Gasteiger partial charge in [-0.2, -0.15) is 15.2 Å². The summed E-state index contributed by atoms with van der Waals surface area (Å²) in [5.74, 6) is 0.127. The number of anilines is 2. The predicted molar refractivity (Wildman–Crippen MR) is 176 cm³/mol. The van der Waals surface area contributed by atoms with E-state index in [-0.39, 0.29) is 34.8 Å². The van der Waals surface area contributed by atoms with E-state index < -0.39 is 5.82 Å². The highest BCUT2D eigenvalue weighted by Crippen LogP contribution is 2.38. The van der Waals surface area contributed by atoms with Gasteiger partial charge in [0.2, 0.25) is 5.91 Å². The number of amides is 1. The molecule has 1 aromatic heterocycles. The van der Waals surface area contributed by atoms with E-state index in [9.17, 15) is 14.4 Å². The average molecular weight is 648 g/mol. The smallest absolute Gasteiger partial charge is 0.318 e. The Hall–Kier alpha value is -3.98. The lowest BCUT2D eigenvalue weighted by atomic mass is 9.88. The number of nitrogens with zero attached hydrogens (tertiary/aromatic N) is 7. The van der Waals surface area contributed by atoms with Gasteiger partial charge in [0.25, 0.3) is 0 Å².